The molecule has 0 unspecified atom stereocenters. The van der Waals surface area contributed by atoms with Gasteiger partial charge in [-0.1, -0.05) is 48.5 Å². The fraction of sp³-hybridized carbons (Fsp3) is 0.160. The molecule has 0 spiro atoms. The van der Waals surface area contributed by atoms with Crippen LogP contribution in [0.1, 0.15) is 26.3 Å². The van der Waals surface area contributed by atoms with Crippen molar-refractivity contribution in [2.24, 2.45) is 0 Å². The molecule has 0 fully saturated rings. The Balaban J connectivity index is 1.70. The molecule has 0 aliphatic carbocycles. The third-order valence-electron chi connectivity index (χ3n) is 4.71. The van der Waals surface area contributed by atoms with Gasteiger partial charge in [0, 0.05) is 28.9 Å². The second-order valence-electron chi connectivity index (χ2n) is 6.78. The van der Waals surface area contributed by atoms with Crippen molar-refractivity contribution in [2.75, 3.05) is 33.3 Å². The van der Waals surface area contributed by atoms with Gasteiger partial charge in [0.1, 0.15) is 0 Å². The predicted octanol–water partition coefficient (Wildman–Crippen LogP) is 3.74. The number of ketones is 1. The molecule has 0 atom stereocenters. The van der Waals surface area contributed by atoms with Crippen LogP contribution in [0.15, 0.2) is 66.7 Å². The Bertz CT molecular complexity index is 1130. The van der Waals surface area contributed by atoms with Crippen molar-refractivity contribution in [3.05, 3.63) is 83.4 Å². The lowest BCUT2D eigenvalue weighted by atomic mass is 9.98. The summed E-state index contributed by atoms with van der Waals surface area (Å²) in [6.07, 6.45) is 0. The summed E-state index contributed by atoms with van der Waals surface area (Å²) in [6.45, 7) is -0.552. The Labute approximate surface area is 191 Å². The van der Waals surface area contributed by atoms with Gasteiger partial charge in [0.05, 0.1) is 26.9 Å². The molecule has 3 rings (SSSR count). The molecule has 0 aromatic heterocycles. The minimum atomic E-state index is -0.782. The van der Waals surface area contributed by atoms with Crippen LogP contribution in [0.5, 0.6) is 17.2 Å². The average molecular weight is 449 g/mol. The molecule has 0 radical (unpaired) electrons. The van der Waals surface area contributed by atoms with Crippen LogP contribution >= 0.6 is 0 Å². The van der Waals surface area contributed by atoms with E-state index >= 15 is 0 Å². The number of rotatable bonds is 9. The molecule has 1 N–H and O–H groups in total. The molecule has 170 valence electrons. The first kappa shape index (κ1) is 23.3. The zero-order valence-electron chi connectivity index (χ0n) is 18.4. The number of hydrogen-bond acceptors (Lipinski definition) is 7. The first-order chi connectivity index (χ1) is 16.0. The minimum absolute atomic E-state index is 0.0759. The van der Waals surface area contributed by atoms with Crippen LogP contribution in [-0.2, 0) is 9.53 Å². The minimum Gasteiger partial charge on any atom is -0.493 e. The highest BCUT2D eigenvalue weighted by molar-refractivity contribution is 6.14. The number of amides is 1. The summed E-state index contributed by atoms with van der Waals surface area (Å²) in [4.78, 5) is 37.8. The van der Waals surface area contributed by atoms with Crippen molar-refractivity contribution < 1.29 is 33.3 Å². The summed E-state index contributed by atoms with van der Waals surface area (Å²) in [7, 11) is 4.39. The summed E-state index contributed by atoms with van der Waals surface area (Å²) in [5, 5.41) is 2.61. The predicted molar refractivity (Wildman–Crippen MR) is 121 cm³/mol. The number of ether oxygens (including phenoxy) is 4. The van der Waals surface area contributed by atoms with E-state index in [0.717, 1.165) is 0 Å². The fourth-order valence-corrected chi connectivity index (χ4v) is 3.16. The smallest absolute Gasteiger partial charge is 0.339 e. The molecule has 8 heteroatoms. The third-order valence-corrected chi connectivity index (χ3v) is 4.71. The van der Waals surface area contributed by atoms with Crippen molar-refractivity contribution in [1.29, 1.82) is 0 Å². The Morgan fingerprint density at radius 2 is 1.33 bits per heavy atom. The molecular formula is C25H23NO7. The fourth-order valence-electron chi connectivity index (χ4n) is 3.16. The van der Waals surface area contributed by atoms with Gasteiger partial charge in [-0.15, -0.1) is 0 Å². The summed E-state index contributed by atoms with van der Waals surface area (Å²) >= 11 is 0. The number of carbonyl (C=O) groups excluding carboxylic acids is 3. The van der Waals surface area contributed by atoms with Gasteiger partial charge >= 0.3 is 5.97 Å². The molecule has 8 nitrogen and oxygen atoms in total. The second-order valence-corrected chi connectivity index (χ2v) is 6.78. The largest absolute Gasteiger partial charge is 0.493 e. The maximum Gasteiger partial charge on any atom is 0.339 e. The molecule has 0 aliphatic rings. The SMILES string of the molecule is COc1cc(NC(=O)COC(=O)c2ccccc2C(=O)c2ccccc2)cc(OC)c1OC. The van der Waals surface area contributed by atoms with Gasteiger partial charge < -0.3 is 24.3 Å². The maximum absolute atomic E-state index is 12.8. The van der Waals surface area contributed by atoms with E-state index in [1.165, 1.54) is 27.4 Å². The molecule has 33 heavy (non-hydrogen) atoms. The molecule has 0 aliphatic heterocycles. The Morgan fingerprint density at radius 3 is 1.91 bits per heavy atom. The van der Waals surface area contributed by atoms with Crippen molar-refractivity contribution in [3.63, 3.8) is 0 Å². The van der Waals surface area contributed by atoms with Crippen molar-refractivity contribution in [1.82, 2.24) is 0 Å². The molecule has 0 heterocycles. The highest BCUT2D eigenvalue weighted by Crippen LogP contribution is 2.39. The highest BCUT2D eigenvalue weighted by atomic mass is 16.5. The van der Waals surface area contributed by atoms with Crippen LogP contribution in [0.3, 0.4) is 0 Å². The van der Waals surface area contributed by atoms with Gasteiger partial charge in [0.25, 0.3) is 5.91 Å². The quantitative estimate of drug-likeness (QED) is 0.392. The average Bonchev–Trinajstić information content (AvgIpc) is 2.86. The van der Waals surface area contributed by atoms with Crippen LogP contribution in [0.2, 0.25) is 0 Å². The molecule has 1 amide bonds. The van der Waals surface area contributed by atoms with Crippen LogP contribution in [-0.4, -0.2) is 45.6 Å². The first-order valence-corrected chi connectivity index (χ1v) is 9.94. The van der Waals surface area contributed by atoms with E-state index in [2.05, 4.69) is 5.32 Å². The molecule has 0 saturated heterocycles. The van der Waals surface area contributed by atoms with Gasteiger partial charge in [-0.05, 0) is 6.07 Å². The lowest BCUT2D eigenvalue weighted by molar-refractivity contribution is -0.119. The van der Waals surface area contributed by atoms with Crippen LogP contribution in [0.4, 0.5) is 5.69 Å². The summed E-state index contributed by atoms with van der Waals surface area (Å²) < 4.78 is 20.9. The Morgan fingerprint density at radius 1 is 0.758 bits per heavy atom. The number of benzene rings is 3. The normalized spacial score (nSPS) is 10.2. The molecular weight excluding hydrogens is 426 g/mol. The van der Waals surface area contributed by atoms with Gasteiger partial charge in [-0.25, -0.2) is 4.79 Å². The number of nitrogens with one attached hydrogen (secondary N) is 1. The van der Waals surface area contributed by atoms with E-state index in [1.54, 1.807) is 60.7 Å². The highest BCUT2D eigenvalue weighted by Gasteiger charge is 2.20. The van der Waals surface area contributed by atoms with E-state index in [-0.39, 0.29) is 16.9 Å². The third kappa shape index (κ3) is 5.48. The number of hydrogen-bond donors (Lipinski definition) is 1. The number of methoxy groups -OCH3 is 3. The monoisotopic (exact) mass is 449 g/mol. The van der Waals surface area contributed by atoms with E-state index in [0.29, 0.717) is 28.5 Å². The van der Waals surface area contributed by atoms with Gasteiger partial charge in [-0.3, -0.25) is 9.59 Å². The standard InChI is InChI=1S/C25H23NO7/c1-30-20-13-17(14-21(31-2)24(20)32-3)26-22(27)15-33-25(29)19-12-8-7-11-18(19)23(28)16-9-5-4-6-10-16/h4-14H,15H2,1-3H3,(H,26,27). The first-order valence-electron chi connectivity index (χ1n) is 9.94. The van der Waals surface area contributed by atoms with E-state index in [4.69, 9.17) is 18.9 Å². The summed E-state index contributed by atoms with van der Waals surface area (Å²) in [5.41, 5.74) is 1.08. The summed E-state index contributed by atoms with van der Waals surface area (Å²) in [5.74, 6) is -0.580. The molecule has 3 aromatic carbocycles. The topological polar surface area (TPSA) is 100 Å². The molecule has 0 saturated carbocycles. The van der Waals surface area contributed by atoms with Gasteiger partial charge in [-0.2, -0.15) is 0 Å². The number of anilines is 1. The van der Waals surface area contributed by atoms with Crippen molar-refractivity contribution >= 4 is 23.3 Å². The summed E-state index contributed by atoms with van der Waals surface area (Å²) in [6, 6.07) is 18.0. The molecule has 0 bridgehead atoms. The van der Waals surface area contributed by atoms with Gasteiger partial charge in [0.2, 0.25) is 5.75 Å². The van der Waals surface area contributed by atoms with E-state index in [1.807, 2.05) is 0 Å². The zero-order valence-corrected chi connectivity index (χ0v) is 18.4. The zero-order chi connectivity index (χ0) is 23.8. The van der Waals surface area contributed by atoms with Gasteiger partial charge in [0.15, 0.2) is 23.9 Å². The maximum atomic E-state index is 12.8. The van der Waals surface area contributed by atoms with E-state index in [9.17, 15) is 14.4 Å². The van der Waals surface area contributed by atoms with Crippen LogP contribution < -0.4 is 19.5 Å². The van der Waals surface area contributed by atoms with Crippen molar-refractivity contribution in [2.45, 2.75) is 0 Å². The lowest BCUT2D eigenvalue weighted by Gasteiger charge is -2.14. The lowest BCUT2D eigenvalue weighted by Crippen LogP contribution is -2.22. The number of esters is 1. The van der Waals surface area contributed by atoms with Crippen LogP contribution in [0, 0.1) is 0 Å². The Kier molecular flexibility index (Phi) is 7.64. The van der Waals surface area contributed by atoms with E-state index < -0.39 is 18.5 Å². The number of carbonyl (C=O) groups is 3. The van der Waals surface area contributed by atoms with Crippen LogP contribution in [0.25, 0.3) is 0 Å². The second kappa shape index (κ2) is 10.8. The van der Waals surface area contributed by atoms with Crippen molar-refractivity contribution in [3.8, 4) is 17.2 Å². The molecule has 3 aromatic rings. The Hall–Kier alpha value is -4.33.